The first-order valence-corrected chi connectivity index (χ1v) is 3.64. The number of ether oxygens (including phenoxy) is 1. The fraction of sp³-hybridized carbons (Fsp3) is 0.222. The maximum Gasteiger partial charge on any atom is 0.149 e. The van der Waals surface area contributed by atoms with Gasteiger partial charge in [0.15, 0.2) is 0 Å². The zero-order chi connectivity index (χ0) is 10.0. The summed E-state index contributed by atoms with van der Waals surface area (Å²) in [4.78, 5) is 0. The summed E-state index contributed by atoms with van der Waals surface area (Å²) in [6.07, 6.45) is 0. The summed E-state index contributed by atoms with van der Waals surface area (Å²) >= 11 is 0. The molecule has 0 spiro atoms. The molecule has 0 saturated carbocycles. The van der Waals surface area contributed by atoms with E-state index in [1.54, 1.807) is 6.07 Å². The van der Waals surface area contributed by atoms with Gasteiger partial charge >= 0.3 is 0 Å². The molecule has 3 nitrogen and oxygen atoms in total. The van der Waals surface area contributed by atoms with E-state index in [9.17, 15) is 4.39 Å². The smallest absolute Gasteiger partial charge is 0.149 e. The lowest BCUT2D eigenvalue weighted by molar-refractivity contribution is 0.407. The highest BCUT2D eigenvalue weighted by atomic mass is 19.1. The minimum atomic E-state index is -0.612. The fourth-order valence-electron chi connectivity index (χ4n) is 1.07. The van der Waals surface area contributed by atoms with Crippen LogP contribution in [-0.4, -0.2) is 7.11 Å². The Balaban J connectivity index is 3.48. The van der Waals surface area contributed by atoms with E-state index >= 15 is 0 Å². The average molecular weight is 180 g/mol. The number of nitrogens with zero attached hydrogens (tertiary/aromatic N) is 1. The second-order valence-corrected chi connectivity index (χ2v) is 2.59. The molecule has 0 aromatic heterocycles. The molecule has 0 saturated heterocycles. The zero-order valence-electron chi connectivity index (χ0n) is 7.39. The van der Waals surface area contributed by atoms with Crippen LogP contribution in [-0.2, 0) is 0 Å². The molecule has 0 aliphatic carbocycles. The van der Waals surface area contributed by atoms with Crippen molar-refractivity contribution in [2.75, 3.05) is 12.8 Å². The highest BCUT2D eigenvalue weighted by Gasteiger charge is 2.13. The first-order chi connectivity index (χ1) is 6.11. The highest BCUT2D eigenvalue weighted by Crippen LogP contribution is 2.27. The summed E-state index contributed by atoms with van der Waals surface area (Å²) in [5.74, 6) is -0.256. The number of halogens is 1. The summed E-state index contributed by atoms with van der Waals surface area (Å²) < 4.78 is 18.2. The molecule has 1 rings (SSSR count). The minimum Gasteiger partial charge on any atom is -0.496 e. The predicted molar refractivity (Wildman–Crippen MR) is 46.8 cm³/mol. The fourth-order valence-corrected chi connectivity index (χ4v) is 1.07. The lowest BCUT2D eigenvalue weighted by Crippen LogP contribution is -1.99. The van der Waals surface area contributed by atoms with Gasteiger partial charge in [0.25, 0.3) is 0 Å². The summed E-state index contributed by atoms with van der Waals surface area (Å²) in [6, 6.07) is 3.14. The molecule has 1 aromatic rings. The van der Waals surface area contributed by atoms with Gasteiger partial charge in [-0.2, -0.15) is 5.26 Å². The Bertz CT molecular complexity index is 381. The molecule has 0 bridgehead atoms. The number of rotatable bonds is 1. The maximum atomic E-state index is 13.3. The number of hydrogen-bond donors (Lipinski definition) is 1. The molecule has 0 fully saturated rings. The molecule has 0 radical (unpaired) electrons. The molecular formula is C9H9FN2O. The third kappa shape index (κ3) is 1.41. The van der Waals surface area contributed by atoms with Crippen LogP contribution in [0.4, 0.5) is 10.1 Å². The van der Waals surface area contributed by atoms with E-state index < -0.39 is 5.82 Å². The van der Waals surface area contributed by atoms with E-state index in [4.69, 9.17) is 15.7 Å². The van der Waals surface area contributed by atoms with Gasteiger partial charge in [-0.1, -0.05) is 0 Å². The molecule has 2 N–H and O–H groups in total. The van der Waals surface area contributed by atoms with Crippen molar-refractivity contribution in [3.8, 4) is 11.8 Å². The standard InChI is InChI=1S/C9H9FN2O/c1-5-8(13-2)3-7(12)6(4-11)9(5)10/h3H,12H2,1-2H3. The van der Waals surface area contributed by atoms with Crippen LogP contribution in [0.25, 0.3) is 0 Å². The molecule has 13 heavy (non-hydrogen) atoms. The van der Waals surface area contributed by atoms with Crippen molar-refractivity contribution in [3.05, 3.63) is 23.0 Å². The van der Waals surface area contributed by atoms with Crippen LogP contribution in [0.2, 0.25) is 0 Å². The Morgan fingerprint density at radius 2 is 2.23 bits per heavy atom. The summed E-state index contributed by atoms with van der Waals surface area (Å²) in [5.41, 5.74) is 5.71. The average Bonchev–Trinajstić information content (AvgIpc) is 2.12. The van der Waals surface area contributed by atoms with E-state index in [2.05, 4.69) is 0 Å². The van der Waals surface area contributed by atoms with Crippen molar-refractivity contribution in [2.45, 2.75) is 6.92 Å². The van der Waals surface area contributed by atoms with Gasteiger partial charge in [0.05, 0.1) is 12.8 Å². The minimum absolute atomic E-state index is 0.0995. The van der Waals surface area contributed by atoms with Crippen molar-refractivity contribution in [2.24, 2.45) is 0 Å². The molecule has 0 unspecified atom stereocenters. The van der Waals surface area contributed by atoms with E-state index in [1.165, 1.54) is 20.1 Å². The van der Waals surface area contributed by atoms with Crippen LogP contribution >= 0.6 is 0 Å². The maximum absolute atomic E-state index is 13.3. The summed E-state index contributed by atoms with van der Waals surface area (Å²) in [7, 11) is 1.42. The molecule has 68 valence electrons. The number of hydrogen-bond acceptors (Lipinski definition) is 3. The number of nitrogens with two attached hydrogens (primary N) is 1. The van der Waals surface area contributed by atoms with Crippen LogP contribution in [0.5, 0.6) is 5.75 Å². The Morgan fingerprint density at radius 3 is 2.69 bits per heavy atom. The van der Waals surface area contributed by atoms with Gasteiger partial charge in [-0.15, -0.1) is 0 Å². The SMILES string of the molecule is COc1cc(N)c(C#N)c(F)c1C. The third-order valence-electron chi connectivity index (χ3n) is 1.83. The second kappa shape index (κ2) is 3.31. The monoisotopic (exact) mass is 180 g/mol. The van der Waals surface area contributed by atoms with Crippen molar-refractivity contribution >= 4 is 5.69 Å². The molecule has 0 aliphatic heterocycles. The Kier molecular flexibility index (Phi) is 2.38. The van der Waals surface area contributed by atoms with Crippen LogP contribution in [0, 0.1) is 24.1 Å². The van der Waals surface area contributed by atoms with E-state index in [0.717, 1.165) is 0 Å². The lowest BCUT2D eigenvalue weighted by atomic mass is 10.1. The number of methoxy groups -OCH3 is 1. The lowest BCUT2D eigenvalue weighted by Gasteiger charge is -2.08. The van der Waals surface area contributed by atoms with Gasteiger partial charge in [0, 0.05) is 11.6 Å². The Hall–Kier alpha value is -1.76. The number of benzene rings is 1. The number of anilines is 1. The van der Waals surface area contributed by atoms with Crippen LogP contribution in [0.1, 0.15) is 11.1 Å². The Labute approximate surface area is 75.5 Å². The topological polar surface area (TPSA) is 59.0 Å². The molecule has 0 aliphatic rings. The molecule has 1 aromatic carbocycles. The first kappa shape index (κ1) is 9.33. The van der Waals surface area contributed by atoms with Crippen molar-refractivity contribution in [3.63, 3.8) is 0 Å². The van der Waals surface area contributed by atoms with Crippen LogP contribution < -0.4 is 10.5 Å². The van der Waals surface area contributed by atoms with Gasteiger partial charge in [0.1, 0.15) is 23.2 Å². The van der Waals surface area contributed by atoms with E-state index in [-0.39, 0.29) is 11.3 Å². The largest absolute Gasteiger partial charge is 0.496 e. The normalized spacial score (nSPS) is 9.38. The van der Waals surface area contributed by atoms with Crippen molar-refractivity contribution in [1.29, 1.82) is 5.26 Å². The van der Waals surface area contributed by atoms with Crippen LogP contribution in [0.15, 0.2) is 6.07 Å². The Morgan fingerprint density at radius 1 is 1.62 bits per heavy atom. The van der Waals surface area contributed by atoms with Gasteiger partial charge in [-0.3, -0.25) is 0 Å². The zero-order valence-corrected chi connectivity index (χ0v) is 7.39. The van der Waals surface area contributed by atoms with E-state index in [0.29, 0.717) is 11.3 Å². The van der Waals surface area contributed by atoms with Gasteiger partial charge < -0.3 is 10.5 Å². The van der Waals surface area contributed by atoms with E-state index in [1.807, 2.05) is 0 Å². The molecular weight excluding hydrogens is 171 g/mol. The van der Waals surface area contributed by atoms with Crippen molar-refractivity contribution < 1.29 is 9.13 Å². The van der Waals surface area contributed by atoms with Gasteiger partial charge in [-0.05, 0) is 6.92 Å². The molecule has 0 heterocycles. The summed E-state index contributed by atoms with van der Waals surface area (Å²) in [5, 5.41) is 8.58. The van der Waals surface area contributed by atoms with Gasteiger partial charge in [0.2, 0.25) is 0 Å². The van der Waals surface area contributed by atoms with Crippen LogP contribution in [0.3, 0.4) is 0 Å². The quantitative estimate of drug-likeness (QED) is 0.667. The van der Waals surface area contributed by atoms with Gasteiger partial charge in [-0.25, -0.2) is 4.39 Å². The highest BCUT2D eigenvalue weighted by molar-refractivity contribution is 5.60. The molecule has 0 atom stereocenters. The summed E-state index contributed by atoms with van der Waals surface area (Å²) in [6.45, 7) is 1.54. The third-order valence-corrected chi connectivity index (χ3v) is 1.83. The first-order valence-electron chi connectivity index (χ1n) is 3.64. The molecule has 0 amide bonds. The van der Waals surface area contributed by atoms with Crippen molar-refractivity contribution in [1.82, 2.24) is 0 Å². The number of nitriles is 1. The second-order valence-electron chi connectivity index (χ2n) is 2.59. The number of nitrogen functional groups attached to an aromatic ring is 1. The molecule has 4 heteroatoms. The predicted octanol–water partition coefficient (Wildman–Crippen LogP) is 1.60.